The van der Waals surface area contributed by atoms with Crippen molar-refractivity contribution in [1.82, 2.24) is 15.1 Å². The summed E-state index contributed by atoms with van der Waals surface area (Å²) in [5, 5.41) is 3.33. The fourth-order valence-electron chi connectivity index (χ4n) is 2.76. The van der Waals surface area contributed by atoms with Gasteiger partial charge >= 0.3 is 0 Å². The van der Waals surface area contributed by atoms with Crippen LogP contribution in [0.2, 0.25) is 0 Å². The smallest absolute Gasteiger partial charge is 0.240 e. The van der Waals surface area contributed by atoms with E-state index in [0.717, 1.165) is 26.2 Å². The summed E-state index contributed by atoms with van der Waals surface area (Å²) in [7, 11) is 0. The summed E-state index contributed by atoms with van der Waals surface area (Å²) in [6.45, 7) is 10.7. The Morgan fingerprint density at radius 3 is 2.38 bits per heavy atom. The van der Waals surface area contributed by atoms with Gasteiger partial charge < -0.3 is 10.2 Å². The molecular formula is C17H27N3O. The lowest BCUT2D eigenvalue weighted by Gasteiger charge is -2.36. The van der Waals surface area contributed by atoms with Crippen LogP contribution in [0.25, 0.3) is 0 Å². The van der Waals surface area contributed by atoms with Gasteiger partial charge in [0.15, 0.2) is 0 Å². The lowest BCUT2D eigenvalue weighted by Crippen LogP contribution is -2.54. The number of hydrogen-bond acceptors (Lipinski definition) is 3. The number of nitrogens with zero attached hydrogens (tertiary/aromatic N) is 2. The third kappa shape index (κ3) is 4.29. The van der Waals surface area contributed by atoms with Crippen LogP contribution in [0.1, 0.15) is 26.3 Å². The first kappa shape index (κ1) is 16.0. The van der Waals surface area contributed by atoms with Crippen molar-refractivity contribution in [1.29, 1.82) is 0 Å². The van der Waals surface area contributed by atoms with Gasteiger partial charge in [0.25, 0.3) is 0 Å². The maximum Gasteiger partial charge on any atom is 0.240 e. The monoisotopic (exact) mass is 289 g/mol. The van der Waals surface area contributed by atoms with Crippen LogP contribution in [-0.4, -0.2) is 54.0 Å². The van der Waals surface area contributed by atoms with E-state index in [1.165, 1.54) is 5.56 Å². The number of amides is 1. The first-order chi connectivity index (χ1) is 10.1. The summed E-state index contributed by atoms with van der Waals surface area (Å²) in [5.74, 6) is 0.232. The molecule has 1 fully saturated rings. The minimum absolute atomic E-state index is 0.0433. The third-order valence-electron chi connectivity index (χ3n) is 4.16. The lowest BCUT2D eigenvalue weighted by molar-refractivity contribution is -0.139. The number of benzene rings is 1. The Balaban J connectivity index is 2.04. The molecule has 0 bridgehead atoms. The molecule has 0 aliphatic carbocycles. The molecule has 1 heterocycles. The van der Waals surface area contributed by atoms with Gasteiger partial charge in [-0.15, -0.1) is 0 Å². The number of piperazine rings is 1. The van der Waals surface area contributed by atoms with Crippen LogP contribution in [-0.2, 0) is 11.3 Å². The predicted octanol–water partition coefficient (Wildman–Crippen LogP) is 1.72. The topological polar surface area (TPSA) is 35.6 Å². The van der Waals surface area contributed by atoms with E-state index in [2.05, 4.69) is 36.2 Å². The van der Waals surface area contributed by atoms with E-state index in [4.69, 9.17) is 0 Å². The van der Waals surface area contributed by atoms with E-state index in [0.29, 0.717) is 6.54 Å². The van der Waals surface area contributed by atoms with Crippen LogP contribution < -0.4 is 5.32 Å². The molecule has 0 radical (unpaired) electrons. The molecule has 0 aromatic heterocycles. The summed E-state index contributed by atoms with van der Waals surface area (Å²) in [6.07, 6.45) is 0. The molecule has 1 aliphatic rings. The van der Waals surface area contributed by atoms with Crippen LogP contribution in [0.5, 0.6) is 0 Å². The first-order valence-electron chi connectivity index (χ1n) is 7.88. The summed E-state index contributed by atoms with van der Waals surface area (Å²) < 4.78 is 0. The van der Waals surface area contributed by atoms with Gasteiger partial charge in [-0.3, -0.25) is 9.69 Å². The van der Waals surface area contributed by atoms with Crippen LogP contribution in [0.15, 0.2) is 30.3 Å². The predicted molar refractivity (Wildman–Crippen MR) is 86.0 cm³/mol. The molecule has 4 heteroatoms. The molecule has 1 aliphatic heterocycles. The minimum atomic E-state index is -0.0433. The molecule has 2 rings (SSSR count). The highest BCUT2D eigenvalue weighted by Crippen LogP contribution is 2.13. The van der Waals surface area contributed by atoms with E-state index in [9.17, 15) is 4.79 Å². The number of hydrogen-bond donors (Lipinski definition) is 1. The van der Waals surface area contributed by atoms with Crippen molar-refractivity contribution in [3.8, 4) is 0 Å². The first-order valence-corrected chi connectivity index (χ1v) is 7.88. The van der Waals surface area contributed by atoms with Gasteiger partial charge in [-0.05, 0) is 26.3 Å². The second-order valence-electron chi connectivity index (χ2n) is 6.01. The Labute approximate surface area is 128 Å². The van der Waals surface area contributed by atoms with Gasteiger partial charge in [0.05, 0.1) is 6.04 Å². The third-order valence-corrected chi connectivity index (χ3v) is 4.16. The molecule has 1 N–H and O–H groups in total. The highest BCUT2D eigenvalue weighted by Gasteiger charge is 2.28. The molecule has 1 unspecified atom stereocenters. The Hall–Kier alpha value is -1.39. The van der Waals surface area contributed by atoms with Gasteiger partial charge in [-0.1, -0.05) is 30.3 Å². The van der Waals surface area contributed by atoms with Gasteiger partial charge in [0, 0.05) is 38.8 Å². The van der Waals surface area contributed by atoms with Crippen molar-refractivity contribution in [3.05, 3.63) is 35.9 Å². The van der Waals surface area contributed by atoms with E-state index in [1.54, 1.807) is 0 Å². The normalized spacial score (nSPS) is 17.7. The van der Waals surface area contributed by atoms with Crippen molar-refractivity contribution in [3.63, 3.8) is 0 Å². The lowest BCUT2D eigenvalue weighted by atomic mass is 10.1. The fraction of sp³-hybridized carbons (Fsp3) is 0.588. The zero-order valence-corrected chi connectivity index (χ0v) is 13.4. The average molecular weight is 289 g/mol. The second-order valence-corrected chi connectivity index (χ2v) is 6.01. The van der Waals surface area contributed by atoms with Crippen LogP contribution in [0.3, 0.4) is 0 Å². The number of rotatable bonds is 5. The summed E-state index contributed by atoms with van der Waals surface area (Å²) >= 11 is 0. The summed E-state index contributed by atoms with van der Waals surface area (Å²) in [5.41, 5.74) is 1.19. The summed E-state index contributed by atoms with van der Waals surface area (Å²) in [6, 6.07) is 10.4. The average Bonchev–Trinajstić information content (AvgIpc) is 2.53. The molecule has 0 spiro atoms. The van der Waals surface area contributed by atoms with Gasteiger partial charge in [0.2, 0.25) is 5.91 Å². The zero-order valence-electron chi connectivity index (χ0n) is 13.4. The Kier molecular flexibility index (Phi) is 5.76. The fourth-order valence-corrected chi connectivity index (χ4v) is 2.76. The molecule has 1 amide bonds. The Bertz CT molecular complexity index is 441. The molecule has 0 saturated carbocycles. The maximum atomic E-state index is 12.9. The number of nitrogens with one attached hydrogen (secondary N) is 1. The highest BCUT2D eigenvalue weighted by atomic mass is 16.2. The standard InChI is InChI=1S/C17H27N3O/c1-14(2)20(13-16-7-5-4-6-8-16)17(21)15(3)19-11-9-18-10-12-19/h4-8,14-15,18H,9-13H2,1-3H3. The Morgan fingerprint density at radius 1 is 1.19 bits per heavy atom. The SMILES string of the molecule is CC(C(=O)N(Cc1ccccc1)C(C)C)N1CCNCC1. The van der Waals surface area contributed by atoms with E-state index in [1.807, 2.05) is 30.0 Å². The largest absolute Gasteiger partial charge is 0.335 e. The molecule has 21 heavy (non-hydrogen) atoms. The Morgan fingerprint density at radius 2 is 1.81 bits per heavy atom. The van der Waals surface area contributed by atoms with Crippen molar-refractivity contribution >= 4 is 5.91 Å². The molecule has 4 nitrogen and oxygen atoms in total. The summed E-state index contributed by atoms with van der Waals surface area (Å²) in [4.78, 5) is 17.1. The second kappa shape index (κ2) is 7.57. The molecule has 116 valence electrons. The highest BCUT2D eigenvalue weighted by molar-refractivity contribution is 5.81. The van der Waals surface area contributed by atoms with Crippen LogP contribution >= 0.6 is 0 Å². The van der Waals surface area contributed by atoms with E-state index in [-0.39, 0.29) is 18.0 Å². The van der Waals surface area contributed by atoms with Crippen molar-refractivity contribution in [2.75, 3.05) is 26.2 Å². The molecule has 1 saturated heterocycles. The molecule has 1 atom stereocenters. The zero-order chi connectivity index (χ0) is 15.2. The van der Waals surface area contributed by atoms with Crippen molar-refractivity contribution in [2.24, 2.45) is 0 Å². The van der Waals surface area contributed by atoms with Gasteiger partial charge in [-0.2, -0.15) is 0 Å². The molecule has 1 aromatic carbocycles. The quantitative estimate of drug-likeness (QED) is 0.896. The van der Waals surface area contributed by atoms with E-state index >= 15 is 0 Å². The molecular weight excluding hydrogens is 262 g/mol. The van der Waals surface area contributed by atoms with Crippen LogP contribution in [0, 0.1) is 0 Å². The van der Waals surface area contributed by atoms with Crippen molar-refractivity contribution in [2.45, 2.75) is 39.4 Å². The molecule has 1 aromatic rings. The minimum Gasteiger partial charge on any atom is -0.335 e. The van der Waals surface area contributed by atoms with Crippen LogP contribution in [0.4, 0.5) is 0 Å². The number of carbonyl (C=O) groups is 1. The van der Waals surface area contributed by atoms with Gasteiger partial charge in [-0.25, -0.2) is 0 Å². The van der Waals surface area contributed by atoms with Crippen molar-refractivity contribution < 1.29 is 4.79 Å². The van der Waals surface area contributed by atoms with Gasteiger partial charge in [0.1, 0.15) is 0 Å². The maximum absolute atomic E-state index is 12.9. The number of carbonyl (C=O) groups excluding carboxylic acids is 1. The van der Waals surface area contributed by atoms with E-state index < -0.39 is 0 Å².